The Morgan fingerprint density at radius 2 is 2.04 bits per heavy atom. The zero-order valence-corrected chi connectivity index (χ0v) is 13.5. The highest BCUT2D eigenvalue weighted by atomic mass is 16.6. The van der Waals surface area contributed by atoms with Crippen LogP contribution in [0.3, 0.4) is 0 Å². The zero-order valence-electron chi connectivity index (χ0n) is 13.5. The van der Waals surface area contributed by atoms with E-state index >= 15 is 0 Å². The van der Waals surface area contributed by atoms with Gasteiger partial charge in [-0.3, -0.25) is 20.3 Å². The molecule has 2 fully saturated rings. The first-order valence-electron chi connectivity index (χ1n) is 8.69. The standard InChI is InChI=1S/C17H22N4O3/c22-17(18-12-5-4-10-2-1-3-11(10)8-12)16-14-9-13(21(23)24)6-7-15(14)19-20-16/h4-5,8,13-16,19-20H,1-3,6-7,9H2,(H,18,22). The van der Waals surface area contributed by atoms with Crippen LogP contribution in [-0.4, -0.2) is 29.0 Å². The summed E-state index contributed by atoms with van der Waals surface area (Å²) >= 11 is 0. The molecular weight excluding hydrogens is 308 g/mol. The third-order valence-electron chi connectivity index (χ3n) is 5.67. The molecule has 7 nitrogen and oxygen atoms in total. The molecule has 7 heteroatoms. The van der Waals surface area contributed by atoms with Gasteiger partial charge in [-0.15, -0.1) is 0 Å². The lowest BCUT2D eigenvalue weighted by Gasteiger charge is -2.28. The van der Waals surface area contributed by atoms with Gasteiger partial charge in [0.05, 0.1) is 0 Å². The lowest BCUT2D eigenvalue weighted by Crippen LogP contribution is -2.44. The van der Waals surface area contributed by atoms with Crippen molar-refractivity contribution in [2.75, 3.05) is 5.32 Å². The maximum absolute atomic E-state index is 12.7. The van der Waals surface area contributed by atoms with Crippen molar-refractivity contribution in [1.82, 2.24) is 10.9 Å². The molecule has 0 radical (unpaired) electrons. The van der Waals surface area contributed by atoms with Crippen LogP contribution in [0, 0.1) is 16.0 Å². The SMILES string of the molecule is O=C(Nc1ccc2c(c1)CCC2)C1NNC2CCC([N+](=O)[O-])CC21. The van der Waals surface area contributed by atoms with E-state index in [1.807, 2.05) is 6.07 Å². The van der Waals surface area contributed by atoms with Crippen molar-refractivity contribution in [1.29, 1.82) is 0 Å². The van der Waals surface area contributed by atoms with E-state index in [0.29, 0.717) is 12.8 Å². The fourth-order valence-corrected chi connectivity index (χ4v) is 4.35. The van der Waals surface area contributed by atoms with E-state index in [-0.39, 0.29) is 22.8 Å². The smallest absolute Gasteiger partial charge is 0.243 e. The van der Waals surface area contributed by atoms with Crippen molar-refractivity contribution in [2.24, 2.45) is 5.92 Å². The molecule has 128 valence electrons. The van der Waals surface area contributed by atoms with Gasteiger partial charge in [0.25, 0.3) is 0 Å². The van der Waals surface area contributed by atoms with Crippen molar-refractivity contribution in [3.05, 3.63) is 39.4 Å². The van der Waals surface area contributed by atoms with Gasteiger partial charge >= 0.3 is 0 Å². The number of anilines is 1. The summed E-state index contributed by atoms with van der Waals surface area (Å²) in [6.07, 6.45) is 5.10. The number of rotatable bonds is 3. The molecule has 3 aliphatic rings. The van der Waals surface area contributed by atoms with Gasteiger partial charge in [-0.2, -0.15) is 0 Å². The molecule has 4 rings (SSSR count). The number of nitro groups is 1. The lowest BCUT2D eigenvalue weighted by atomic mass is 9.79. The van der Waals surface area contributed by atoms with Crippen LogP contribution in [0.1, 0.15) is 36.8 Å². The highest BCUT2D eigenvalue weighted by Gasteiger charge is 2.46. The predicted molar refractivity (Wildman–Crippen MR) is 89.1 cm³/mol. The topological polar surface area (TPSA) is 96.3 Å². The molecule has 0 aromatic heterocycles. The summed E-state index contributed by atoms with van der Waals surface area (Å²) < 4.78 is 0. The quantitative estimate of drug-likeness (QED) is 0.575. The summed E-state index contributed by atoms with van der Waals surface area (Å²) in [4.78, 5) is 23.5. The van der Waals surface area contributed by atoms with Crippen molar-refractivity contribution in [3.8, 4) is 0 Å². The van der Waals surface area contributed by atoms with Crippen LogP contribution in [-0.2, 0) is 17.6 Å². The van der Waals surface area contributed by atoms with E-state index < -0.39 is 12.1 Å². The molecule has 2 aliphatic carbocycles. The molecule has 1 saturated carbocycles. The second-order valence-corrected chi connectivity index (χ2v) is 7.12. The zero-order chi connectivity index (χ0) is 16.7. The fourth-order valence-electron chi connectivity index (χ4n) is 4.35. The summed E-state index contributed by atoms with van der Waals surface area (Å²) in [5, 5.41) is 14.1. The minimum Gasteiger partial charge on any atom is -0.325 e. The predicted octanol–water partition coefficient (Wildman–Crippen LogP) is 1.40. The van der Waals surface area contributed by atoms with Gasteiger partial charge in [0.1, 0.15) is 6.04 Å². The number of nitrogens with one attached hydrogen (secondary N) is 3. The Labute approximate surface area is 140 Å². The molecule has 1 saturated heterocycles. The van der Waals surface area contributed by atoms with Gasteiger partial charge in [-0.25, -0.2) is 5.43 Å². The van der Waals surface area contributed by atoms with Gasteiger partial charge in [0.2, 0.25) is 11.9 Å². The third-order valence-corrected chi connectivity index (χ3v) is 5.67. The van der Waals surface area contributed by atoms with Crippen molar-refractivity contribution >= 4 is 11.6 Å². The summed E-state index contributed by atoms with van der Waals surface area (Å²) in [7, 11) is 0. The van der Waals surface area contributed by atoms with Crippen LogP contribution >= 0.6 is 0 Å². The average molecular weight is 330 g/mol. The number of nitrogens with zero attached hydrogens (tertiary/aromatic N) is 1. The molecule has 1 amide bonds. The first kappa shape index (κ1) is 15.5. The maximum atomic E-state index is 12.7. The molecule has 1 heterocycles. The summed E-state index contributed by atoms with van der Waals surface area (Å²) in [6, 6.07) is 5.26. The van der Waals surface area contributed by atoms with E-state index in [0.717, 1.165) is 24.9 Å². The van der Waals surface area contributed by atoms with Crippen LogP contribution in [0.2, 0.25) is 0 Å². The number of amides is 1. The van der Waals surface area contributed by atoms with Gasteiger partial charge in [-0.05, 0) is 48.9 Å². The van der Waals surface area contributed by atoms with E-state index in [1.54, 1.807) is 0 Å². The molecule has 4 unspecified atom stereocenters. The molecule has 0 bridgehead atoms. The summed E-state index contributed by atoms with van der Waals surface area (Å²) in [6.45, 7) is 0. The Morgan fingerprint density at radius 3 is 2.88 bits per heavy atom. The summed E-state index contributed by atoms with van der Waals surface area (Å²) in [5.41, 5.74) is 9.69. The highest BCUT2D eigenvalue weighted by molar-refractivity contribution is 5.95. The lowest BCUT2D eigenvalue weighted by molar-refractivity contribution is -0.528. The molecule has 1 aromatic carbocycles. The Kier molecular flexibility index (Phi) is 3.97. The van der Waals surface area contributed by atoms with Crippen molar-refractivity contribution in [3.63, 3.8) is 0 Å². The Balaban J connectivity index is 1.45. The number of hydrazine groups is 1. The molecule has 4 atom stereocenters. The summed E-state index contributed by atoms with van der Waals surface area (Å²) in [5.74, 6) is -0.152. The average Bonchev–Trinajstić information content (AvgIpc) is 3.20. The van der Waals surface area contributed by atoms with Gasteiger partial charge in [0.15, 0.2) is 0 Å². The Bertz CT molecular complexity index is 678. The second-order valence-electron chi connectivity index (χ2n) is 7.12. The Morgan fingerprint density at radius 1 is 1.21 bits per heavy atom. The molecule has 24 heavy (non-hydrogen) atoms. The number of hydrogen-bond donors (Lipinski definition) is 3. The van der Waals surface area contributed by atoms with Crippen LogP contribution < -0.4 is 16.2 Å². The molecule has 1 aliphatic heterocycles. The van der Waals surface area contributed by atoms with Crippen LogP contribution in [0.4, 0.5) is 5.69 Å². The normalized spacial score (nSPS) is 31.3. The van der Waals surface area contributed by atoms with Crippen LogP contribution in [0.5, 0.6) is 0 Å². The minimum atomic E-state index is -0.539. The maximum Gasteiger partial charge on any atom is 0.243 e. The monoisotopic (exact) mass is 330 g/mol. The van der Waals surface area contributed by atoms with Crippen LogP contribution in [0.25, 0.3) is 0 Å². The first-order chi connectivity index (χ1) is 11.6. The number of fused-ring (bicyclic) bond motifs is 2. The number of carbonyl (C=O) groups excluding carboxylic acids is 1. The second kappa shape index (κ2) is 6.14. The van der Waals surface area contributed by atoms with Gasteiger partial charge < -0.3 is 5.32 Å². The van der Waals surface area contributed by atoms with Crippen LogP contribution in [0.15, 0.2) is 18.2 Å². The molecule has 3 N–H and O–H groups in total. The van der Waals surface area contributed by atoms with Crippen molar-refractivity contribution in [2.45, 2.75) is 56.7 Å². The molecule has 0 spiro atoms. The van der Waals surface area contributed by atoms with E-state index in [9.17, 15) is 14.9 Å². The van der Waals surface area contributed by atoms with E-state index in [1.165, 1.54) is 17.5 Å². The minimum absolute atomic E-state index is 0.0384. The van der Waals surface area contributed by atoms with E-state index in [2.05, 4.69) is 28.3 Å². The van der Waals surface area contributed by atoms with Gasteiger partial charge in [-0.1, -0.05) is 6.07 Å². The van der Waals surface area contributed by atoms with E-state index in [4.69, 9.17) is 0 Å². The largest absolute Gasteiger partial charge is 0.325 e. The number of aryl methyl sites for hydroxylation is 2. The fraction of sp³-hybridized carbons (Fsp3) is 0.588. The Hall–Kier alpha value is -1.99. The van der Waals surface area contributed by atoms with Gasteiger partial charge in [0, 0.05) is 35.4 Å². The third kappa shape index (κ3) is 2.78. The highest BCUT2D eigenvalue weighted by Crippen LogP contribution is 2.32. The number of hydrogen-bond acceptors (Lipinski definition) is 5. The molecule has 1 aromatic rings. The first-order valence-corrected chi connectivity index (χ1v) is 8.69. The number of carbonyl (C=O) groups is 1. The number of benzene rings is 1. The molecular formula is C17H22N4O3. The van der Waals surface area contributed by atoms with Crippen molar-refractivity contribution < 1.29 is 9.72 Å².